The van der Waals surface area contributed by atoms with Crippen molar-refractivity contribution in [3.8, 4) is 0 Å². The minimum atomic E-state index is -0.711. The van der Waals surface area contributed by atoms with E-state index < -0.39 is 17.4 Å². The second-order valence-corrected chi connectivity index (χ2v) is 9.21. The lowest BCUT2D eigenvalue weighted by atomic mass is 9.87. The molecule has 1 aliphatic rings. The maximum atomic E-state index is 11.2. The largest absolute Gasteiger partial charge is 0.481 e. The second kappa shape index (κ2) is 12.8. The molecule has 1 aromatic carbocycles. The van der Waals surface area contributed by atoms with Gasteiger partial charge in [-0.2, -0.15) is 0 Å². The molecule has 1 aromatic rings. The molecule has 1 fully saturated rings. The summed E-state index contributed by atoms with van der Waals surface area (Å²) < 4.78 is 0. The van der Waals surface area contributed by atoms with Crippen molar-refractivity contribution in [1.82, 2.24) is 0 Å². The zero-order valence-electron chi connectivity index (χ0n) is 19.5. The van der Waals surface area contributed by atoms with Gasteiger partial charge in [0.2, 0.25) is 0 Å². The third-order valence-electron chi connectivity index (χ3n) is 6.30. The number of aryl methyl sites for hydroxylation is 2. The van der Waals surface area contributed by atoms with E-state index in [4.69, 9.17) is 5.11 Å². The molecule has 1 saturated carbocycles. The van der Waals surface area contributed by atoms with Gasteiger partial charge in [0.05, 0.1) is 10.8 Å². The zero-order chi connectivity index (χ0) is 22.6. The summed E-state index contributed by atoms with van der Waals surface area (Å²) in [6.45, 7) is 7.59. The van der Waals surface area contributed by atoms with Gasteiger partial charge in [-0.15, -0.1) is 0 Å². The maximum Gasteiger partial charge on any atom is 0.309 e. The number of carboxylic acid groups (broad SMARTS) is 2. The number of unbranched alkanes of at least 4 members (excludes halogenated alkanes) is 4. The molecule has 170 valence electrons. The highest BCUT2D eigenvalue weighted by Gasteiger charge is 2.49. The van der Waals surface area contributed by atoms with E-state index in [0.717, 1.165) is 77.0 Å². The van der Waals surface area contributed by atoms with E-state index >= 15 is 0 Å². The smallest absolute Gasteiger partial charge is 0.309 e. The molecule has 4 nitrogen and oxygen atoms in total. The Kier molecular flexibility index (Phi) is 11.1. The summed E-state index contributed by atoms with van der Waals surface area (Å²) in [5, 5.41) is 18.3. The van der Waals surface area contributed by atoms with Crippen molar-refractivity contribution >= 4 is 11.9 Å². The Bertz CT molecular complexity index is 597. The van der Waals surface area contributed by atoms with Gasteiger partial charge >= 0.3 is 11.9 Å². The lowest BCUT2D eigenvalue weighted by Crippen LogP contribution is -2.23. The van der Waals surface area contributed by atoms with Crippen LogP contribution < -0.4 is 0 Å². The highest BCUT2D eigenvalue weighted by Crippen LogP contribution is 2.50. The van der Waals surface area contributed by atoms with Crippen LogP contribution in [0.1, 0.15) is 103 Å². The van der Waals surface area contributed by atoms with Crippen LogP contribution in [0.5, 0.6) is 0 Å². The summed E-state index contributed by atoms with van der Waals surface area (Å²) in [6, 6.07) is 8.84. The Balaban J connectivity index is 0.00000218. The van der Waals surface area contributed by atoms with Gasteiger partial charge in [-0.25, -0.2) is 0 Å². The van der Waals surface area contributed by atoms with Gasteiger partial charge in [0.25, 0.3) is 0 Å². The molecule has 0 saturated heterocycles. The molecule has 2 N–H and O–H groups in total. The van der Waals surface area contributed by atoms with Crippen molar-refractivity contribution in [1.29, 1.82) is 0 Å². The van der Waals surface area contributed by atoms with Gasteiger partial charge in [-0.05, 0) is 76.3 Å². The van der Waals surface area contributed by atoms with Gasteiger partial charge in [0.15, 0.2) is 0 Å². The molecule has 0 heterocycles. The third kappa shape index (κ3) is 8.89. The lowest BCUT2D eigenvalue weighted by molar-refractivity contribution is -0.147. The predicted molar refractivity (Wildman–Crippen MR) is 123 cm³/mol. The summed E-state index contributed by atoms with van der Waals surface area (Å²) in [4.78, 5) is 22.3. The number of benzene rings is 1. The average molecular weight is 419 g/mol. The molecule has 0 amide bonds. The Hall–Kier alpha value is -1.84. The number of hydrogen-bond acceptors (Lipinski definition) is 2. The summed E-state index contributed by atoms with van der Waals surface area (Å²) in [7, 11) is 0. The van der Waals surface area contributed by atoms with Crippen LogP contribution in [0.2, 0.25) is 0 Å². The van der Waals surface area contributed by atoms with Crippen LogP contribution >= 0.6 is 0 Å². The van der Waals surface area contributed by atoms with Crippen molar-refractivity contribution in [3.05, 3.63) is 35.4 Å². The van der Waals surface area contributed by atoms with E-state index in [0.29, 0.717) is 0 Å². The number of hydrogen-bond donors (Lipinski definition) is 2. The molecule has 0 spiro atoms. The van der Waals surface area contributed by atoms with Crippen LogP contribution in [-0.2, 0) is 22.4 Å². The number of carbonyl (C=O) groups is 2. The Morgan fingerprint density at radius 1 is 0.833 bits per heavy atom. The first-order chi connectivity index (χ1) is 14.3. The first-order valence-electron chi connectivity index (χ1n) is 11.8. The van der Waals surface area contributed by atoms with Gasteiger partial charge < -0.3 is 10.2 Å². The maximum absolute atomic E-state index is 11.2. The SMILES string of the molecule is CC.CC(C)(CCCCCc1ccc(CCCCCC2(C(=O)O)CC2)cc1)C(=O)O. The molecule has 0 atom stereocenters. The molecule has 0 radical (unpaired) electrons. The summed E-state index contributed by atoms with van der Waals surface area (Å²) in [5.41, 5.74) is 1.71. The molecule has 0 aromatic heterocycles. The molecule has 0 bridgehead atoms. The number of carboxylic acids is 2. The highest BCUT2D eigenvalue weighted by molar-refractivity contribution is 5.77. The van der Waals surface area contributed by atoms with Crippen molar-refractivity contribution in [2.24, 2.45) is 10.8 Å². The van der Waals surface area contributed by atoms with Crippen molar-refractivity contribution in [3.63, 3.8) is 0 Å². The molecular weight excluding hydrogens is 376 g/mol. The van der Waals surface area contributed by atoms with E-state index in [1.807, 2.05) is 13.8 Å². The summed E-state index contributed by atoms with van der Waals surface area (Å²) in [6.07, 6.45) is 11.8. The van der Waals surface area contributed by atoms with Gasteiger partial charge in [0.1, 0.15) is 0 Å². The molecule has 1 aliphatic carbocycles. The van der Waals surface area contributed by atoms with E-state index in [2.05, 4.69) is 24.3 Å². The topological polar surface area (TPSA) is 74.6 Å². The standard InChI is InChI=1S/C24H36O4.C2H6/c1-23(2,21(25)26)15-7-3-5-9-19-11-13-20(14-12-19)10-6-4-8-16-24(17-18-24)22(27)28;1-2/h11-14H,3-10,15-18H2,1-2H3,(H,25,26)(H,27,28);1-2H3. The fraction of sp³-hybridized carbons (Fsp3) is 0.692. The second-order valence-electron chi connectivity index (χ2n) is 9.21. The molecule has 2 rings (SSSR count). The normalized spacial score (nSPS) is 14.5. The van der Waals surface area contributed by atoms with Crippen molar-refractivity contribution in [2.75, 3.05) is 0 Å². The highest BCUT2D eigenvalue weighted by atomic mass is 16.4. The van der Waals surface area contributed by atoms with E-state index in [-0.39, 0.29) is 5.41 Å². The van der Waals surface area contributed by atoms with Gasteiger partial charge in [0, 0.05) is 0 Å². The van der Waals surface area contributed by atoms with Gasteiger partial charge in [-0.1, -0.05) is 63.8 Å². The van der Waals surface area contributed by atoms with E-state index in [1.54, 1.807) is 13.8 Å². The monoisotopic (exact) mass is 418 g/mol. The molecular formula is C26H42O4. The first kappa shape index (κ1) is 26.2. The Labute approximate surface area is 183 Å². The average Bonchev–Trinajstić information content (AvgIpc) is 3.51. The summed E-state index contributed by atoms with van der Waals surface area (Å²) >= 11 is 0. The van der Waals surface area contributed by atoms with E-state index in [1.165, 1.54) is 11.1 Å². The predicted octanol–water partition coefficient (Wildman–Crippen LogP) is 6.89. The Morgan fingerprint density at radius 3 is 1.70 bits per heavy atom. The van der Waals surface area contributed by atoms with Crippen molar-refractivity contribution < 1.29 is 19.8 Å². The van der Waals surface area contributed by atoms with Crippen LogP contribution in [0.4, 0.5) is 0 Å². The van der Waals surface area contributed by atoms with Crippen LogP contribution in [0.3, 0.4) is 0 Å². The van der Waals surface area contributed by atoms with Crippen LogP contribution in [0, 0.1) is 10.8 Å². The summed E-state index contributed by atoms with van der Waals surface area (Å²) in [5.74, 6) is -1.31. The quantitative estimate of drug-likeness (QED) is 0.322. The van der Waals surface area contributed by atoms with E-state index in [9.17, 15) is 14.7 Å². The zero-order valence-corrected chi connectivity index (χ0v) is 19.5. The van der Waals surface area contributed by atoms with Crippen LogP contribution in [0.15, 0.2) is 24.3 Å². The van der Waals surface area contributed by atoms with Crippen LogP contribution in [-0.4, -0.2) is 22.2 Å². The minimum absolute atomic E-state index is 0.370. The number of aliphatic carboxylic acids is 2. The lowest BCUT2D eigenvalue weighted by Gasteiger charge is -2.18. The third-order valence-corrected chi connectivity index (χ3v) is 6.30. The Morgan fingerprint density at radius 2 is 1.30 bits per heavy atom. The fourth-order valence-corrected chi connectivity index (χ4v) is 3.74. The van der Waals surface area contributed by atoms with Crippen LogP contribution in [0.25, 0.3) is 0 Å². The fourth-order valence-electron chi connectivity index (χ4n) is 3.74. The molecule has 4 heteroatoms. The molecule has 0 unspecified atom stereocenters. The molecule has 30 heavy (non-hydrogen) atoms. The van der Waals surface area contributed by atoms with Gasteiger partial charge in [-0.3, -0.25) is 9.59 Å². The first-order valence-corrected chi connectivity index (χ1v) is 11.8. The number of rotatable bonds is 14. The molecule has 0 aliphatic heterocycles. The minimum Gasteiger partial charge on any atom is -0.481 e. The van der Waals surface area contributed by atoms with Crippen molar-refractivity contribution in [2.45, 2.75) is 105 Å².